The van der Waals surface area contributed by atoms with Crippen LogP contribution in [0.15, 0.2) is 42.5 Å². The number of carbonyl (C=O) groups excluding carboxylic acids is 1. The Morgan fingerprint density at radius 2 is 1.78 bits per heavy atom. The molecule has 0 saturated carbocycles. The van der Waals surface area contributed by atoms with Crippen LogP contribution >= 0.6 is 0 Å². The first-order chi connectivity index (χ1) is 11.0. The van der Waals surface area contributed by atoms with E-state index >= 15 is 0 Å². The number of primary amides is 1. The van der Waals surface area contributed by atoms with Crippen LogP contribution in [0.3, 0.4) is 0 Å². The van der Waals surface area contributed by atoms with Crippen LogP contribution in [0.25, 0.3) is 0 Å². The minimum atomic E-state index is -0.938. The number of hydrogen-bond acceptors (Lipinski definition) is 3. The van der Waals surface area contributed by atoms with Gasteiger partial charge in [0, 0.05) is 12.6 Å². The summed E-state index contributed by atoms with van der Waals surface area (Å²) in [7, 11) is 0. The Balaban J connectivity index is 1.87. The van der Waals surface area contributed by atoms with E-state index in [0.29, 0.717) is 6.54 Å². The molecule has 0 unspecified atom stereocenters. The predicted molar refractivity (Wildman–Crippen MR) is 82.6 cm³/mol. The normalized spacial score (nSPS) is 12.0. The summed E-state index contributed by atoms with van der Waals surface area (Å²) < 4.78 is 31.3. The lowest BCUT2D eigenvalue weighted by Gasteiger charge is -2.11. The molecule has 0 aliphatic carbocycles. The van der Waals surface area contributed by atoms with Gasteiger partial charge >= 0.3 is 0 Å². The Kier molecular flexibility index (Phi) is 5.65. The molecule has 3 N–H and O–H groups in total. The lowest BCUT2D eigenvalue weighted by molar-refractivity contribution is -0.119. The number of benzene rings is 2. The van der Waals surface area contributed by atoms with Crippen molar-refractivity contribution in [1.29, 1.82) is 0 Å². The second kappa shape index (κ2) is 7.69. The number of hydrogen-bond donors (Lipinski definition) is 2. The summed E-state index contributed by atoms with van der Waals surface area (Å²) in [6.45, 7) is 2.47. The van der Waals surface area contributed by atoms with Crippen molar-refractivity contribution < 1.29 is 18.3 Å². The molecule has 122 valence electrons. The van der Waals surface area contributed by atoms with E-state index in [2.05, 4.69) is 5.32 Å². The average Bonchev–Trinajstić information content (AvgIpc) is 2.54. The van der Waals surface area contributed by atoms with Crippen molar-refractivity contribution in [2.45, 2.75) is 26.1 Å². The molecule has 0 saturated heterocycles. The van der Waals surface area contributed by atoms with Crippen molar-refractivity contribution >= 4 is 5.91 Å². The highest BCUT2D eigenvalue weighted by molar-refractivity contribution is 5.79. The molecular weight excluding hydrogens is 302 g/mol. The summed E-state index contributed by atoms with van der Waals surface area (Å²) in [6.07, 6.45) is 0. The highest BCUT2D eigenvalue weighted by Crippen LogP contribution is 2.17. The summed E-state index contributed by atoms with van der Waals surface area (Å²) in [5.74, 6) is -1.97. The van der Waals surface area contributed by atoms with Crippen LogP contribution in [0, 0.1) is 11.6 Å². The van der Waals surface area contributed by atoms with Crippen LogP contribution in [-0.2, 0) is 17.9 Å². The van der Waals surface area contributed by atoms with Crippen LogP contribution in [-0.4, -0.2) is 11.9 Å². The molecule has 0 bridgehead atoms. The lowest BCUT2D eigenvalue weighted by atomic mass is 10.1. The van der Waals surface area contributed by atoms with Gasteiger partial charge in [0.25, 0.3) is 0 Å². The largest absolute Gasteiger partial charge is 0.489 e. The van der Waals surface area contributed by atoms with Crippen molar-refractivity contribution in [3.8, 4) is 5.75 Å². The predicted octanol–water partition coefficient (Wildman–Crippen LogP) is 2.51. The Morgan fingerprint density at radius 1 is 1.13 bits per heavy atom. The van der Waals surface area contributed by atoms with Gasteiger partial charge in [0.05, 0.1) is 6.04 Å². The average molecular weight is 320 g/mol. The molecular formula is C17H18F2N2O2. The monoisotopic (exact) mass is 320 g/mol. The van der Waals surface area contributed by atoms with E-state index in [1.165, 1.54) is 6.07 Å². The first kappa shape index (κ1) is 16.9. The van der Waals surface area contributed by atoms with E-state index in [4.69, 9.17) is 10.5 Å². The van der Waals surface area contributed by atoms with Gasteiger partial charge in [-0.3, -0.25) is 4.79 Å². The van der Waals surface area contributed by atoms with Crippen LogP contribution in [0.5, 0.6) is 5.75 Å². The molecule has 2 aromatic rings. The molecule has 0 fully saturated rings. The van der Waals surface area contributed by atoms with Crippen LogP contribution in [0.1, 0.15) is 18.1 Å². The molecule has 2 rings (SSSR count). The summed E-state index contributed by atoms with van der Waals surface area (Å²) in [5.41, 5.74) is 7.06. The molecule has 0 aliphatic heterocycles. The third kappa shape index (κ3) is 5.03. The molecule has 0 aliphatic rings. The van der Waals surface area contributed by atoms with E-state index in [0.717, 1.165) is 23.3 Å². The molecule has 23 heavy (non-hydrogen) atoms. The topological polar surface area (TPSA) is 64.3 Å². The Labute approximate surface area is 133 Å². The van der Waals surface area contributed by atoms with Gasteiger partial charge in [-0.25, -0.2) is 8.78 Å². The minimum absolute atomic E-state index is 0.246. The summed E-state index contributed by atoms with van der Waals surface area (Å²) in [5, 5.41) is 3.00. The molecule has 0 spiro atoms. The second-order valence-electron chi connectivity index (χ2n) is 5.19. The number of carbonyl (C=O) groups is 1. The van der Waals surface area contributed by atoms with Crippen molar-refractivity contribution in [3.05, 3.63) is 65.2 Å². The standard InChI is InChI=1S/C17H18F2N2O2/c1-11(17(20)22)21-9-12-2-4-13(5-3-12)10-23-14-6-7-15(18)16(19)8-14/h2-8,11,21H,9-10H2,1H3,(H2,20,22)/t11-/m1/s1. The molecule has 1 atom stereocenters. The fourth-order valence-electron chi connectivity index (χ4n) is 1.86. The fourth-order valence-corrected chi connectivity index (χ4v) is 1.86. The fraction of sp³-hybridized carbons (Fsp3) is 0.235. The molecule has 4 nitrogen and oxygen atoms in total. The SMILES string of the molecule is C[C@@H](NCc1ccc(COc2ccc(F)c(F)c2)cc1)C(N)=O. The van der Waals surface area contributed by atoms with Crippen LogP contribution < -0.4 is 15.8 Å². The van der Waals surface area contributed by atoms with E-state index in [1.54, 1.807) is 6.92 Å². The lowest BCUT2D eigenvalue weighted by Crippen LogP contribution is -2.38. The van der Waals surface area contributed by atoms with Crippen molar-refractivity contribution in [1.82, 2.24) is 5.32 Å². The maximum Gasteiger partial charge on any atom is 0.234 e. The van der Waals surface area contributed by atoms with E-state index in [1.807, 2.05) is 24.3 Å². The number of nitrogens with two attached hydrogens (primary N) is 1. The number of ether oxygens (including phenoxy) is 1. The quantitative estimate of drug-likeness (QED) is 0.824. The Bertz CT molecular complexity index is 675. The highest BCUT2D eigenvalue weighted by Gasteiger charge is 2.07. The van der Waals surface area contributed by atoms with Crippen LogP contribution in [0.2, 0.25) is 0 Å². The van der Waals surface area contributed by atoms with Gasteiger partial charge < -0.3 is 15.8 Å². The van der Waals surface area contributed by atoms with Gasteiger partial charge in [-0.2, -0.15) is 0 Å². The van der Waals surface area contributed by atoms with Gasteiger partial charge in [0.1, 0.15) is 12.4 Å². The van der Waals surface area contributed by atoms with Crippen molar-refractivity contribution in [2.24, 2.45) is 5.73 Å². The summed E-state index contributed by atoms with van der Waals surface area (Å²) in [4.78, 5) is 10.9. The number of nitrogens with one attached hydrogen (secondary N) is 1. The van der Waals surface area contributed by atoms with Gasteiger partial charge in [-0.1, -0.05) is 24.3 Å². The Morgan fingerprint density at radius 3 is 2.39 bits per heavy atom. The molecule has 0 aromatic heterocycles. The van der Waals surface area contributed by atoms with Gasteiger partial charge in [0.15, 0.2) is 11.6 Å². The van der Waals surface area contributed by atoms with E-state index in [9.17, 15) is 13.6 Å². The molecule has 6 heteroatoms. The zero-order chi connectivity index (χ0) is 16.8. The van der Waals surface area contributed by atoms with E-state index < -0.39 is 23.6 Å². The molecule has 1 amide bonds. The van der Waals surface area contributed by atoms with Gasteiger partial charge in [-0.15, -0.1) is 0 Å². The maximum atomic E-state index is 13.1. The third-order valence-electron chi connectivity index (χ3n) is 3.36. The summed E-state index contributed by atoms with van der Waals surface area (Å²) in [6, 6.07) is 10.5. The highest BCUT2D eigenvalue weighted by atomic mass is 19.2. The minimum Gasteiger partial charge on any atom is -0.489 e. The van der Waals surface area contributed by atoms with Crippen LogP contribution in [0.4, 0.5) is 8.78 Å². The first-order valence-electron chi connectivity index (χ1n) is 7.14. The molecule has 0 radical (unpaired) electrons. The van der Waals surface area contributed by atoms with Gasteiger partial charge in [0.2, 0.25) is 5.91 Å². The van der Waals surface area contributed by atoms with E-state index in [-0.39, 0.29) is 12.4 Å². The zero-order valence-electron chi connectivity index (χ0n) is 12.7. The maximum absolute atomic E-state index is 13.1. The smallest absolute Gasteiger partial charge is 0.234 e. The first-order valence-corrected chi connectivity index (χ1v) is 7.14. The third-order valence-corrected chi connectivity index (χ3v) is 3.36. The number of halogens is 2. The zero-order valence-corrected chi connectivity index (χ0v) is 12.7. The molecule has 0 heterocycles. The summed E-state index contributed by atoms with van der Waals surface area (Å²) >= 11 is 0. The van der Waals surface area contributed by atoms with Crippen molar-refractivity contribution in [2.75, 3.05) is 0 Å². The number of rotatable bonds is 7. The molecule has 2 aromatic carbocycles. The van der Waals surface area contributed by atoms with Gasteiger partial charge in [-0.05, 0) is 30.2 Å². The Hall–Kier alpha value is -2.47. The second-order valence-corrected chi connectivity index (χ2v) is 5.19. The van der Waals surface area contributed by atoms with Crippen molar-refractivity contribution in [3.63, 3.8) is 0 Å². The number of amides is 1.